The van der Waals surface area contributed by atoms with E-state index in [9.17, 15) is 19.2 Å². The molecule has 0 bridgehead atoms. The summed E-state index contributed by atoms with van der Waals surface area (Å²) in [4.78, 5) is 52.1. The van der Waals surface area contributed by atoms with Crippen LogP contribution in [-0.4, -0.2) is 66.5 Å². The number of rotatable bonds is 6. The maximum atomic E-state index is 13.0. The van der Waals surface area contributed by atoms with Gasteiger partial charge in [0, 0.05) is 36.6 Å². The van der Waals surface area contributed by atoms with Gasteiger partial charge in [0.2, 0.25) is 17.7 Å². The van der Waals surface area contributed by atoms with Gasteiger partial charge < -0.3 is 19.3 Å². The number of amides is 4. The van der Waals surface area contributed by atoms with E-state index in [1.54, 1.807) is 17.0 Å². The van der Waals surface area contributed by atoms with Crippen LogP contribution >= 0.6 is 0 Å². The van der Waals surface area contributed by atoms with Crippen molar-refractivity contribution in [3.05, 3.63) is 64.7 Å². The van der Waals surface area contributed by atoms with Gasteiger partial charge in [0.05, 0.1) is 6.54 Å². The first kappa shape index (κ1) is 23.1. The number of hydrogen-bond acceptors (Lipinski definition) is 6. The minimum absolute atomic E-state index is 0.00524. The maximum Gasteiger partial charge on any atom is 0.255 e. The molecule has 2 fully saturated rings. The predicted octanol–water partition coefficient (Wildman–Crippen LogP) is 0.345. The average molecular weight is 475 g/mol. The molecule has 2 aromatic carbocycles. The zero-order chi connectivity index (χ0) is 24.5. The lowest BCUT2D eigenvalue weighted by Crippen LogP contribution is -2.52. The van der Waals surface area contributed by atoms with Crippen molar-refractivity contribution in [2.75, 3.05) is 13.2 Å². The summed E-state index contributed by atoms with van der Waals surface area (Å²) in [5.74, 6) is -0.372. The second-order valence-corrected chi connectivity index (χ2v) is 9.18. The highest BCUT2D eigenvalue weighted by molar-refractivity contribution is 6.11. The Hall–Kier alpha value is -3.66. The predicted molar refractivity (Wildman–Crippen MR) is 127 cm³/mol. The van der Waals surface area contributed by atoms with Gasteiger partial charge in [0.25, 0.3) is 5.91 Å². The summed E-state index contributed by atoms with van der Waals surface area (Å²) in [6.07, 6.45) is 0.538. The third-order valence-electron chi connectivity index (χ3n) is 6.65. The van der Waals surface area contributed by atoms with E-state index in [1.807, 2.05) is 38.2 Å². The minimum atomic E-state index is -0.658. The molecule has 2 saturated heterocycles. The lowest BCUT2D eigenvalue weighted by molar-refractivity contribution is -0.145. The summed E-state index contributed by atoms with van der Waals surface area (Å²) >= 11 is 0. The molecule has 0 aromatic heterocycles. The number of nitrogens with one attached hydrogen (secondary N) is 1. The zero-order valence-corrected chi connectivity index (χ0v) is 19.5. The Kier molecular flexibility index (Phi) is 6.30. The first-order chi connectivity index (χ1) is 16.9. The molecule has 3 aliphatic rings. The second-order valence-electron chi connectivity index (χ2n) is 9.18. The monoisotopic (exact) mass is 475 g/mol. The summed E-state index contributed by atoms with van der Waals surface area (Å²) in [6, 6.07) is 12.6. The van der Waals surface area contributed by atoms with E-state index in [0.717, 1.165) is 16.7 Å². The first-order valence-corrected chi connectivity index (χ1v) is 11.8. The van der Waals surface area contributed by atoms with Crippen LogP contribution in [0.15, 0.2) is 42.5 Å². The molecule has 5 rings (SSSR count). The quantitative estimate of drug-likeness (QED) is 0.478. The van der Waals surface area contributed by atoms with E-state index in [0.29, 0.717) is 37.4 Å². The van der Waals surface area contributed by atoms with E-state index in [4.69, 9.17) is 9.47 Å². The van der Waals surface area contributed by atoms with Gasteiger partial charge in [-0.15, -0.1) is 0 Å². The highest BCUT2D eigenvalue weighted by Crippen LogP contribution is 2.34. The van der Waals surface area contributed by atoms with Crippen LogP contribution in [0.25, 0.3) is 0 Å². The van der Waals surface area contributed by atoms with E-state index < -0.39 is 11.9 Å². The smallest absolute Gasteiger partial charge is 0.255 e. The molecule has 1 N–H and O–H groups in total. The number of benzene rings is 2. The number of nitrogens with zero attached hydrogens (tertiary/aromatic N) is 2. The molecule has 0 aliphatic carbocycles. The Morgan fingerprint density at radius 1 is 1.06 bits per heavy atom. The van der Waals surface area contributed by atoms with Crippen molar-refractivity contribution in [3.8, 4) is 5.75 Å². The number of ether oxygens (including phenoxy) is 2. The topological polar surface area (TPSA) is 105 Å². The maximum absolute atomic E-state index is 13.0. The summed E-state index contributed by atoms with van der Waals surface area (Å²) < 4.78 is 11.4. The summed E-state index contributed by atoms with van der Waals surface area (Å²) in [5, 5.41) is 2.32. The molecule has 4 amide bonds. The number of fused-ring (bicyclic) bond motifs is 1. The van der Waals surface area contributed by atoms with E-state index in [-0.39, 0.29) is 43.3 Å². The standard InChI is InChI=1S/C25H26BN3O6/c26-21-12-28(23(31)14-35-21)10-15-4-6-16(7-5-15)13-34-20-3-1-2-17-18(20)11-29(25(17)33)19-8-9-22(30)27-24(19)32/h1-7,19,21H,8-14,26H2,(H,27,30,32). The van der Waals surface area contributed by atoms with Crippen molar-refractivity contribution >= 4 is 31.5 Å². The Labute approximate surface area is 203 Å². The molecule has 0 radical (unpaired) electrons. The van der Waals surface area contributed by atoms with Crippen LogP contribution in [0.5, 0.6) is 5.75 Å². The Morgan fingerprint density at radius 3 is 2.60 bits per heavy atom. The highest BCUT2D eigenvalue weighted by atomic mass is 16.5. The molecule has 2 unspecified atom stereocenters. The van der Waals surface area contributed by atoms with E-state index in [2.05, 4.69) is 5.32 Å². The number of hydrogen-bond donors (Lipinski definition) is 1. The lowest BCUT2D eigenvalue weighted by atomic mass is 9.98. The normalized spacial score (nSPS) is 22.3. The van der Waals surface area contributed by atoms with Gasteiger partial charge in [-0.2, -0.15) is 0 Å². The molecular formula is C25H26BN3O6. The van der Waals surface area contributed by atoms with Gasteiger partial charge in [-0.25, -0.2) is 0 Å². The van der Waals surface area contributed by atoms with E-state index in [1.165, 1.54) is 4.90 Å². The molecule has 2 atom stereocenters. The molecule has 180 valence electrons. The number of piperidine rings is 1. The fourth-order valence-electron chi connectivity index (χ4n) is 4.74. The molecule has 9 nitrogen and oxygen atoms in total. The Morgan fingerprint density at radius 2 is 1.83 bits per heavy atom. The van der Waals surface area contributed by atoms with Gasteiger partial charge in [-0.3, -0.25) is 24.5 Å². The van der Waals surface area contributed by atoms with Crippen LogP contribution < -0.4 is 10.1 Å². The van der Waals surface area contributed by atoms with Gasteiger partial charge in [-0.1, -0.05) is 30.3 Å². The second kappa shape index (κ2) is 9.54. The summed E-state index contributed by atoms with van der Waals surface area (Å²) in [7, 11) is 1.96. The molecular weight excluding hydrogens is 449 g/mol. The van der Waals surface area contributed by atoms with Crippen molar-refractivity contribution in [2.45, 2.75) is 44.6 Å². The fraction of sp³-hybridized carbons (Fsp3) is 0.360. The van der Waals surface area contributed by atoms with Crippen LogP contribution in [0, 0.1) is 0 Å². The van der Waals surface area contributed by atoms with Gasteiger partial charge >= 0.3 is 0 Å². The lowest BCUT2D eigenvalue weighted by Gasteiger charge is -2.31. The van der Waals surface area contributed by atoms with Crippen LogP contribution in [-0.2, 0) is 38.8 Å². The fourth-order valence-corrected chi connectivity index (χ4v) is 4.74. The number of imide groups is 1. The third kappa shape index (κ3) is 4.79. The molecule has 2 aromatic rings. The van der Waals surface area contributed by atoms with Crippen molar-refractivity contribution in [3.63, 3.8) is 0 Å². The molecule has 10 heteroatoms. The molecule has 0 spiro atoms. The summed E-state index contributed by atoms with van der Waals surface area (Å²) in [6.45, 7) is 1.83. The van der Waals surface area contributed by atoms with Gasteiger partial charge in [0.15, 0.2) is 0 Å². The van der Waals surface area contributed by atoms with Crippen LogP contribution in [0.4, 0.5) is 0 Å². The van der Waals surface area contributed by atoms with Gasteiger partial charge in [-0.05, 0) is 29.7 Å². The number of morpholine rings is 1. The SMILES string of the molecule is BC1CN(Cc2ccc(COc3cccc4c3CN(C3CCC(=O)NC3=O)C4=O)cc2)C(=O)CO1. The minimum Gasteiger partial charge on any atom is -0.489 e. The van der Waals surface area contributed by atoms with E-state index >= 15 is 0 Å². The third-order valence-corrected chi connectivity index (χ3v) is 6.65. The van der Waals surface area contributed by atoms with Crippen molar-refractivity contribution in [1.29, 1.82) is 0 Å². The first-order valence-electron chi connectivity index (χ1n) is 11.8. The van der Waals surface area contributed by atoms with Crippen LogP contribution in [0.3, 0.4) is 0 Å². The highest BCUT2D eigenvalue weighted by Gasteiger charge is 2.40. The van der Waals surface area contributed by atoms with Crippen LogP contribution in [0.2, 0.25) is 0 Å². The molecule has 3 aliphatic heterocycles. The number of carbonyl (C=O) groups is 4. The zero-order valence-electron chi connectivity index (χ0n) is 19.5. The molecule has 0 saturated carbocycles. The summed E-state index contributed by atoms with van der Waals surface area (Å²) in [5.41, 5.74) is 3.26. The van der Waals surface area contributed by atoms with Crippen LogP contribution in [0.1, 0.15) is 39.9 Å². The Balaban J connectivity index is 1.23. The van der Waals surface area contributed by atoms with Gasteiger partial charge in [0.1, 0.15) is 32.9 Å². The van der Waals surface area contributed by atoms with Crippen molar-refractivity contribution in [1.82, 2.24) is 15.1 Å². The number of carbonyl (C=O) groups excluding carboxylic acids is 4. The largest absolute Gasteiger partial charge is 0.489 e. The average Bonchev–Trinajstić information content (AvgIpc) is 3.18. The Bertz CT molecular complexity index is 1180. The molecule has 3 heterocycles. The van der Waals surface area contributed by atoms with Crippen molar-refractivity contribution < 1.29 is 28.7 Å². The van der Waals surface area contributed by atoms with Crippen molar-refractivity contribution in [2.24, 2.45) is 0 Å². The molecule has 35 heavy (non-hydrogen) atoms.